The number of rotatable bonds is 7. The first-order valence-corrected chi connectivity index (χ1v) is 9.47. The predicted molar refractivity (Wildman–Crippen MR) is 112 cm³/mol. The first kappa shape index (κ1) is 21.5. The Bertz CT molecular complexity index is 892. The highest BCUT2D eigenvalue weighted by molar-refractivity contribution is 8.26. The zero-order valence-corrected chi connectivity index (χ0v) is 17.1. The van der Waals surface area contributed by atoms with Crippen LogP contribution in [0.15, 0.2) is 42.5 Å². The van der Waals surface area contributed by atoms with Crippen LogP contribution in [0.2, 0.25) is 0 Å². The Morgan fingerprint density at radius 1 is 1.11 bits per heavy atom. The van der Waals surface area contributed by atoms with Gasteiger partial charge in [-0.1, -0.05) is 41.6 Å². The Hall–Kier alpha value is -2.80. The molecule has 2 aromatic rings. The highest BCUT2D eigenvalue weighted by Crippen LogP contribution is 2.27. The standard InChI is InChI=1S/C21H24N2O4S/c1-13-5-7-15(8-6-13)19(23)28-18(22)12-26-16-9-10-17(14(2)11-16)27-21(3,4)20(24)25/h5-11,22-23H,12H2,1-4H3,(H,24,25). The largest absolute Gasteiger partial charge is 0.487 e. The summed E-state index contributed by atoms with van der Waals surface area (Å²) in [5.74, 6) is -0.0377. The Labute approximate surface area is 168 Å². The molecular formula is C21H24N2O4S. The summed E-state index contributed by atoms with van der Waals surface area (Å²) in [6.07, 6.45) is 0. The van der Waals surface area contributed by atoms with Crippen molar-refractivity contribution in [1.82, 2.24) is 0 Å². The van der Waals surface area contributed by atoms with Gasteiger partial charge in [0.05, 0.1) is 0 Å². The molecule has 0 spiro atoms. The fourth-order valence-electron chi connectivity index (χ4n) is 2.21. The van der Waals surface area contributed by atoms with E-state index in [0.717, 1.165) is 28.5 Å². The Kier molecular flexibility index (Phi) is 6.85. The molecule has 0 heterocycles. The molecule has 0 radical (unpaired) electrons. The number of carboxylic acid groups (broad SMARTS) is 1. The molecule has 0 bridgehead atoms. The molecule has 0 aliphatic rings. The smallest absolute Gasteiger partial charge is 0.347 e. The van der Waals surface area contributed by atoms with E-state index >= 15 is 0 Å². The van der Waals surface area contributed by atoms with Gasteiger partial charge in [0.15, 0.2) is 5.60 Å². The second-order valence-corrected chi connectivity index (χ2v) is 7.96. The van der Waals surface area contributed by atoms with Gasteiger partial charge in [-0.2, -0.15) is 0 Å². The van der Waals surface area contributed by atoms with E-state index in [1.54, 1.807) is 25.1 Å². The average molecular weight is 401 g/mol. The van der Waals surface area contributed by atoms with Crippen LogP contribution in [0, 0.1) is 24.7 Å². The third kappa shape index (κ3) is 5.85. The fourth-order valence-corrected chi connectivity index (χ4v) is 2.83. The average Bonchev–Trinajstić information content (AvgIpc) is 2.62. The van der Waals surface area contributed by atoms with Crippen molar-refractivity contribution in [2.24, 2.45) is 0 Å². The van der Waals surface area contributed by atoms with Crippen molar-refractivity contribution in [3.8, 4) is 11.5 Å². The number of carbonyl (C=O) groups is 1. The van der Waals surface area contributed by atoms with Crippen LogP contribution in [0.1, 0.15) is 30.5 Å². The van der Waals surface area contributed by atoms with Crippen LogP contribution >= 0.6 is 11.8 Å². The third-order valence-electron chi connectivity index (χ3n) is 3.94. The Morgan fingerprint density at radius 3 is 2.32 bits per heavy atom. The van der Waals surface area contributed by atoms with Crippen LogP contribution in [0.25, 0.3) is 0 Å². The molecule has 0 saturated carbocycles. The van der Waals surface area contributed by atoms with Crippen LogP contribution in [-0.4, -0.2) is 33.4 Å². The first-order valence-electron chi connectivity index (χ1n) is 8.65. The summed E-state index contributed by atoms with van der Waals surface area (Å²) in [4.78, 5) is 11.2. The molecule has 0 fully saturated rings. The van der Waals surface area contributed by atoms with E-state index in [1.165, 1.54) is 13.8 Å². The molecule has 0 amide bonds. The topological polar surface area (TPSA) is 103 Å². The predicted octanol–water partition coefficient (Wildman–Crippen LogP) is 4.66. The minimum Gasteiger partial charge on any atom is -0.487 e. The molecule has 0 aliphatic carbocycles. The number of thioether (sulfide) groups is 1. The van der Waals surface area contributed by atoms with Crippen molar-refractivity contribution in [1.29, 1.82) is 10.8 Å². The molecule has 2 rings (SSSR count). The third-order valence-corrected chi connectivity index (χ3v) is 4.74. The second-order valence-electron chi connectivity index (χ2n) is 6.85. The quantitative estimate of drug-likeness (QED) is 0.463. The van der Waals surface area contributed by atoms with E-state index in [1.807, 2.05) is 31.2 Å². The number of carboxylic acids is 1. The van der Waals surface area contributed by atoms with Gasteiger partial charge in [-0.3, -0.25) is 10.8 Å². The lowest BCUT2D eigenvalue weighted by atomic mass is 10.1. The zero-order chi connectivity index (χ0) is 20.9. The fraction of sp³-hybridized carbons (Fsp3) is 0.286. The summed E-state index contributed by atoms with van der Waals surface area (Å²) in [7, 11) is 0. The summed E-state index contributed by atoms with van der Waals surface area (Å²) < 4.78 is 11.2. The van der Waals surface area contributed by atoms with Gasteiger partial charge >= 0.3 is 5.97 Å². The van der Waals surface area contributed by atoms with Crippen molar-refractivity contribution in [3.05, 3.63) is 59.2 Å². The molecule has 0 unspecified atom stereocenters. The number of aryl methyl sites for hydroxylation is 2. The molecule has 3 N–H and O–H groups in total. The molecule has 0 atom stereocenters. The number of nitrogens with one attached hydrogen (secondary N) is 2. The van der Waals surface area contributed by atoms with Crippen LogP contribution in [0.5, 0.6) is 11.5 Å². The molecule has 0 saturated heterocycles. The van der Waals surface area contributed by atoms with Crippen molar-refractivity contribution >= 4 is 27.8 Å². The lowest BCUT2D eigenvalue weighted by molar-refractivity contribution is -0.152. The van der Waals surface area contributed by atoms with Gasteiger partial charge < -0.3 is 14.6 Å². The van der Waals surface area contributed by atoms with Crippen molar-refractivity contribution in [3.63, 3.8) is 0 Å². The van der Waals surface area contributed by atoms with Crippen LogP contribution in [0.3, 0.4) is 0 Å². The van der Waals surface area contributed by atoms with E-state index in [4.69, 9.17) is 25.4 Å². The SMILES string of the molecule is Cc1ccc(C(=N)SC(=N)COc2ccc(OC(C)(C)C(=O)O)c(C)c2)cc1. The Balaban J connectivity index is 1.92. The molecular weight excluding hydrogens is 376 g/mol. The van der Waals surface area contributed by atoms with Crippen molar-refractivity contribution in [2.45, 2.75) is 33.3 Å². The number of hydrogen-bond donors (Lipinski definition) is 3. The summed E-state index contributed by atoms with van der Waals surface area (Å²) >= 11 is 1.05. The molecule has 0 aromatic heterocycles. The van der Waals surface area contributed by atoms with E-state index in [2.05, 4.69) is 0 Å². The van der Waals surface area contributed by atoms with Gasteiger partial charge in [-0.15, -0.1) is 0 Å². The maximum absolute atomic E-state index is 11.2. The summed E-state index contributed by atoms with van der Waals surface area (Å²) in [5.41, 5.74) is 1.29. The highest BCUT2D eigenvalue weighted by atomic mass is 32.2. The van der Waals surface area contributed by atoms with Crippen molar-refractivity contribution in [2.75, 3.05) is 6.61 Å². The summed E-state index contributed by atoms with van der Waals surface area (Å²) in [5, 5.41) is 25.8. The number of aliphatic carboxylic acids is 1. The molecule has 28 heavy (non-hydrogen) atoms. The van der Waals surface area contributed by atoms with E-state index < -0.39 is 11.6 Å². The van der Waals surface area contributed by atoms with Crippen molar-refractivity contribution < 1.29 is 19.4 Å². The van der Waals surface area contributed by atoms with Gasteiger partial charge in [-0.25, -0.2) is 4.79 Å². The summed E-state index contributed by atoms with van der Waals surface area (Å²) in [6.45, 7) is 6.80. The van der Waals surface area contributed by atoms with Gasteiger partial charge in [0.1, 0.15) is 28.2 Å². The summed E-state index contributed by atoms with van der Waals surface area (Å²) in [6, 6.07) is 12.6. The Morgan fingerprint density at radius 2 is 1.75 bits per heavy atom. The first-order chi connectivity index (χ1) is 13.1. The van der Waals surface area contributed by atoms with Crippen LogP contribution < -0.4 is 9.47 Å². The monoisotopic (exact) mass is 400 g/mol. The molecule has 6 nitrogen and oxygen atoms in total. The van der Waals surface area contributed by atoms with Crippen LogP contribution in [-0.2, 0) is 4.79 Å². The highest BCUT2D eigenvalue weighted by Gasteiger charge is 2.29. The molecule has 148 valence electrons. The maximum Gasteiger partial charge on any atom is 0.347 e. The van der Waals surface area contributed by atoms with E-state index in [-0.39, 0.29) is 11.7 Å². The molecule has 2 aromatic carbocycles. The normalized spacial score (nSPS) is 11.0. The lowest BCUT2D eigenvalue weighted by Gasteiger charge is -2.23. The maximum atomic E-state index is 11.2. The molecule has 0 aliphatic heterocycles. The van der Waals surface area contributed by atoms with Gasteiger partial charge in [0.25, 0.3) is 0 Å². The lowest BCUT2D eigenvalue weighted by Crippen LogP contribution is -2.38. The second kappa shape index (κ2) is 8.93. The van der Waals surface area contributed by atoms with Gasteiger partial charge in [0.2, 0.25) is 0 Å². The minimum atomic E-state index is -1.33. The molecule has 7 heteroatoms. The zero-order valence-electron chi connectivity index (χ0n) is 16.3. The number of benzene rings is 2. The van der Waals surface area contributed by atoms with Crippen LogP contribution in [0.4, 0.5) is 0 Å². The number of hydrogen-bond acceptors (Lipinski definition) is 6. The minimum absolute atomic E-state index is 0.0408. The van der Waals surface area contributed by atoms with E-state index in [0.29, 0.717) is 16.5 Å². The van der Waals surface area contributed by atoms with Gasteiger partial charge in [-0.05, 0) is 51.5 Å². The number of ether oxygens (including phenoxy) is 2. The van der Waals surface area contributed by atoms with E-state index in [9.17, 15) is 4.79 Å². The van der Waals surface area contributed by atoms with Gasteiger partial charge in [0, 0.05) is 5.56 Å².